The van der Waals surface area contributed by atoms with Gasteiger partial charge in [0.2, 0.25) is 0 Å². The second kappa shape index (κ2) is 5.12. The van der Waals surface area contributed by atoms with Gasteiger partial charge < -0.3 is 9.64 Å². The SMILES string of the molecule is Cc1ccc(-c2cc(N3CCOCC3)cs2)cc1. The maximum absolute atomic E-state index is 5.39. The van der Waals surface area contributed by atoms with E-state index >= 15 is 0 Å². The molecule has 1 aliphatic heterocycles. The first kappa shape index (κ1) is 11.8. The predicted octanol–water partition coefficient (Wildman–Crippen LogP) is 3.56. The molecule has 0 unspecified atom stereocenters. The standard InChI is InChI=1S/C15H17NOS/c1-12-2-4-13(5-3-12)15-10-14(11-18-15)16-6-8-17-9-7-16/h2-5,10-11H,6-9H2,1H3. The molecule has 1 fully saturated rings. The molecular weight excluding hydrogens is 242 g/mol. The molecule has 0 N–H and O–H groups in total. The lowest BCUT2D eigenvalue weighted by Crippen LogP contribution is -2.35. The van der Waals surface area contributed by atoms with Crippen molar-refractivity contribution < 1.29 is 4.74 Å². The summed E-state index contributed by atoms with van der Waals surface area (Å²) in [5, 5.41) is 2.25. The number of hydrogen-bond acceptors (Lipinski definition) is 3. The fourth-order valence-corrected chi connectivity index (χ4v) is 3.11. The zero-order valence-electron chi connectivity index (χ0n) is 10.6. The Morgan fingerprint density at radius 3 is 2.56 bits per heavy atom. The van der Waals surface area contributed by atoms with E-state index in [1.54, 1.807) is 0 Å². The van der Waals surface area contributed by atoms with Crippen LogP contribution >= 0.6 is 11.3 Å². The summed E-state index contributed by atoms with van der Waals surface area (Å²) >= 11 is 1.82. The Bertz CT molecular complexity index is 512. The zero-order valence-corrected chi connectivity index (χ0v) is 11.4. The van der Waals surface area contributed by atoms with Gasteiger partial charge in [-0.2, -0.15) is 0 Å². The minimum Gasteiger partial charge on any atom is -0.378 e. The van der Waals surface area contributed by atoms with Crippen LogP contribution in [0.4, 0.5) is 5.69 Å². The first-order valence-electron chi connectivity index (χ1n) is 6.31. The molecule has 0 amide bonds. The molecule has 1 aliphatic rings. The van der Waals surface area contributed by atoms with Crippen LogP contribution in [0.25, 0.3) is 10.4 Å². The molecule has 0 radical (unpaired) electrons. The molecule has 3 rings (SSSR count). The van der Waals surface area contributed by atoms with Crippen molar-refractivity contribution in [3.05, 3.63) is 41.3 Å². The molecule has 0 atom stereocenters. The monoisotopic (exact) mass is 259 g/mol. The number of rotatable bonds is 2. The Morgan fingerprint density at radius 1 is 1.11 bits per heavy atom. The van der Waals surface area contributed by atoms with Crippen LogP contribution in [0, 0.1) is 6.92 Å². The second-order valence-corrected chi connectivity index (χ2v) is 5.55. The van der Waals surface area contributed by atoms with Crippen molar-refractivity contribution in [1.82, 2.24) is 0 Å². The molecule has 0 aliphatic carbocycles. The molecule has 2 aromatic rings. The van der Waals surface area contributed by atoms with Crippen LogP contribution in [0.3, 0.4) is 0 Å². The summed E-state index contributed by atoms with van der Waals surface area (Å²) in [7, 11) is 0. The molecule has 0 spiro atoms. The summed E-state index contributed by atoms with van der Waals surface area (Å²) in [6, 6.07) is 11.0. The topological polar surface area (TPSA) is 12.5 Å². The van der Waals surface area contributed by atoms with Crippen LogP contribution in [-0.2, 0) is 4.74 Å². The van der Waals surface area contributed by atoms with Crippen molar-refractivity contribution in [1.29, 1.82) is 0 Å². The summed E-state index contributed by atoms with van der Waals surface area (Å²) in [5.41, 5.74) is 3.95. The van der Waals surface area contributed by atoms with Crippen LogP contribution in [-0.4, -0.2) is 26.3 Å². The maximum Gasteiger partial charge on any atom is 0.0642 e. The lowest BCUT2D eigenvalue weighted by molar-refractivity contribution is 0.123. The Labute approximate surface area is 112 Å². The Morgan fingerprint density at radius 2 is 1.83 bits per heavy atom. The number of aryl methyl sites for hydroxylation is 1. The third kappa shape index (κ3) is 2.42. The largest absolute Gasteiger partial charge is 0.378 e. The number of benzene rings is 1. The number of morpholine rings is 1. The van der Waals surface area contributed by atoms with E-state index in [0.717, 1.165) is 26.3 Å². The van der Waals surface area contributed by atoms with Crippen LogP contribution in [0.1, 0.15) is 5.56 Å². The number of hydrogen-bond donors (Lipinski definition) is 0. The average Bonchev–Trinajstić information content (AvgIpc) is 2.90. The average molecular weight is 259 g/mol. The van der Waals surface area contributed by atoms with Crippen LogP contribution in [0.15, 0.2) is 35.7 Å². The van der Waals surface area contributed by atoms with Gasteiger partial charge >= 0.3 is 0 Å². The molecule has 2 heterocycles. The van der Waals surface area contributed by atoms with Gasteiger partial charge in [-0.1, -0.05) is 29.8 Å². The number of anilines is 1. The van der Waals surface area contributed by atoms with E-state index in [1.165, 1.54) is 21.7 Å². The fourth-order valence-electron chi connectivity index (χ4n) is 2.18. The molecule has 18 heavy (non-hydrogen) atoms. The molecule has 1 saturated heterocycles. The summed E-state index contributed by atoms with van der Waals surface area (Å²) in [5.74, 6) is 0. The molecule has 1 aromatic carbocycles. The minimum absolute atomic E-state index is 0.843. The zero-order chi connectivity index (χ0) is 12.4. The molecule has 1 aromatic heterocycles. The highest BCUT2D eigenvalue weighted by atomic mass is 32.1. The molecule has 0 saturated carbocycles. The van der Waals surface area contributed by atoms with E-state index < -0.39 is 0 Å². The van der Waals surface area contributed by atoms with Crippen LogP contribution in [0.5, 0.6) is 0 Å². The predicted molar refractivity (Wildman–Crippen MR) is 77.5 cm³/mol. The smallest absolute Gasteiger partial charge is 0.0642 e. The van der Waals surface area contributed by atoms with Crippen molar-refractivity contribution in [2.45, 2.75) is 6.92 Å². The Hall–Kier alpha value is -1.32. The van der Waals surface area contributed by atoms with Crippen LogP contribution in [0.2, 0.25) is 0 Å². The molecule has 94 valence electrons. The van der Waals surface area contributed by atoms with Gasteiger partial charge in [0, 0.05) is 29.0 Å². The molecule has 2 nitrogen and oxygen atoms in total. The van der Waals surface area contributed by atoms with E-state index in [1.807, 2.05) is 11.3 Å². The lowest BCUT2D eigenvalue weighted by Gasteiger charge is -2.27. The highest BCUT2D eigenvalue weighted by molar-refractivity contribution is 7.14. The summed E-state index contributed by atoms with van der Waals surface area (Å²) in [4.78, 5) is 3.74. The van der Waals surface area contributed by atoms with E-state index in [4.69, 9.17) is 4.74 Å². The molecular formula is C15H17NOS. The van der Waals surface area contributed by atoms with E-state index in [0.29, 0.717) is 0 Å². The van der Waals surface area contributed by atoms with Gasteiger partial charge in [0.25, 0.3) is 0 Å². The quantitative estimate of drug-likeness (QED) is 0.817. The lowest BCUT2D eigenvalue weighted by atomic mass is 10.1. The van der Waals surface area contributed by atoms with Gasteiger partial charge in [0.05, 0.1) is 13.2 Å². The van der Waals surface area contributed by atoms with Crippen molar-refractivity contribution in [2.24, 2.45) is 0 Å². The Balaban J connectivity index is 1.82. The van der Waals surface area contributed by atoms with E-state index in [9.17, 15) is 0 Å². The van der Waals surface area contributed by atoms with Crippen molar-refractivity contribution in [3.63, 3.8) is 0 Å². The maximum atomic E-state index is 5.39. The van der Waals surface area contributed by atoms with Gasteiger partial charge in [-0.05, 0) is 18.6 Å². The Kier molecular flexibility index (Phi) is 3.35. The molecule has 3 heteroatoms. The van der Waals surface area contributed by atoms with Crippen LogP contribution < -0.4 is 4.90 Å². The van der Waals surface area contributed by atoms with E-state index in [2.05, 4.69) is 47.5 Å². The summed E-state index contributed by atoms with van der Waals surface area (Å²) in [6.45, 7) is 5.82. The van der Waals surface area contributed by atoms with Gasteiger partial charge in [-0.3, -0.25) is 0 Å². The third-order valence-corrected chi connectivity index (χ3v) is 4.26. The van der Waals surface area contributed by atoms with Gasteiger partial charge in [0.15, 0.2) is 0 Å². The number of nitrogens with zero attached hydrogens (tertiary/aromatic N) is 1. The van der Waals surface area contributed by atoms with Crippen molar-refractivity contribution in [2.75, 3.05) is 31.2 Å². The summed E-state index contributed by atoms with van der Waals surface area (Å²) in [6.07, 6.45) is 0. The highest BCUT2D eigenvalue weighted by Gasteiger charge is 2.13. The minimum atomic E-state index is 0.843. The van der Waals surface area contributed by atoms with Gasteiger partial charge in [-0.25, -0.2) is 0 Å². The van der Waals surface area contributed by atoms with Crippen molar-refractivity contribution in [3.8, 4) is 10.4 Å². The van der Waals surface area contributed by atoms with E-state index in [-0.39, 0.29) is 0 Å². The van der Waals surface area contributed by atoms with Crippen molar-refractivity contribution >= 4 is 17.0 Å². The third-order valence-electron chi connectivity index (χ3n) is 3.30. The summed E-state index contributed by atoms with van der Waals surface area (Å²) < 4.78 is 5.39. The first-order chi connectivity index (χ1) is 8.83. The normalized spacial score (nSPS) is 15.9. The van der Waals surface area contributed by atoms with Gasteiger partial charge in [-0.15, -0.1) is 11.3 Å². The van der Waals surface area contributed by atoms with Gasteiger partial charge in [0.1, 0.15) is 0 Å². The second-order valence-electron chi connectivity index (χ2n) is 4.63. The molecule has 0 bridgehead atoms. The first-order valence-corrected chi connectivity index (χ1v) is 7.19. The highest BCUT2D eigenvalue weighted by Crippen LogP contribution is 2.32. The number of ether oxygens (including phenoxy) is 1. The fraction of sp³-hybridized carbons (Fsp3) is 0.333. The number of thiophene rings is 1.